The summed E-state index contributed by atoms with van der Waals surface area (Å²) in [5, 5.41) is 13.4. The van der Waals surface area contributed by atoms with Gasteiger partial charge in [-0.1, -0.05) is 0 Å². The largest absolute Gasteiger partial charge is 0.350 e. The van der Waals surface area contributed by atoms with Crippen LogP contribution in [0.1, 0.15) is 20.8 Å². The first-order chi connectivity index (χ1) is 10.5. The molecule has 0 saturated heterocycles. The predicted molar refractivity (Wildman–Crippen MR) is 82.9 cm³/mol. The Bertz CT molecular complexity index is 674. The Morgan fingerprint density at radius 3 is 2.48 bits per heavy atom. The Labute approximate surface area is 133 Å². The summed E-state index contributed by atoms with van der Waals surface area (Å²) in [6, 6.07) is 2.10. The molecule has 0 unspecified atom stereocenters. The van der Waals surface area contributed by atoms with Gasteiger partial charge in [0, 0.05) is 24.7 Å². The number of aromatic nitrogens is 1. The van der Waals surface area contributed by atoms with Gasteiger partial charge < -0.3 is 10.2 Å². The molecule has 23 heavy (non-hydrogen) atoms. The van der Waals surface area contributed by atoms with Crippen molar-refractivity contribution in [2.45, 2.75) is 32.9 Å². The highest BCUT2D eigenvalue weighted by Gasteiger charge is 2.18. The monoisotopic (exact) mass is 324 g/mol. The third kappa shape index (κ3) is 5.89. The predicted octanol–water partition coefficient (Wildman–Crippen LogP) is 0.130. The molecule has 1 aromatic heterocycles. The topological polar surface area (TPSA) is 115 Å². The molecule has 0 aromatic carbocycles. The quantitative estimate of drug-likeness (QED) is 0.610. The highest BCUT2D eigenvalue weighted by Crippen LogP contribution is 2.06. The van der Waals surface area contributed by atoms with Gasteiger partial charge in [-0.25, -0.2) is 0 Å². The minimum atomic E-state index is -0.652. The van der Waals surface area contributed by atoms with E-state index < -0.39 is 21.9 Å². The highest BCUT2D eigenvalue weighted by molar-refractivity contribution is 5.84. The summed E-state index contributed by atoms with van der Waals surface area (Å²) in [7, 11) is 1.42. The van der Waals surface area contributed by atoms with E-state index in [-0.39, 0.29) is 24.7 Å². The zero-order valence-corrected chi connectivity index (χ0v) is 13.5. The molecule has 0 aliphatic carbocycles. The van der Waals surface area contributed by atoms with Gasteiger partial charge in [-0.15, -0.1) is 0 Å². The Morgan fingerprint density at radius 1 is 1.35 bits per heavy atom. The number of pyridine rings is 1. The van der Waals surface area contributed by atoms with E-state index >= 15 is 0 Å². The van der Waals surface area contributed by atoms with E-state index in [2.05, 4.69) is 5.32 Å². The number of nitro groups is 1. The van der Waals surface area contributed by atoms with Crippen molar-refractivity contribution in [3.05, 3.63) is 38.8 Å². The maximum absolute atomic E-state index is 12.1. The summed E-state index contributed by atoms with van der Waals surface area (Å²) in [6.07, 6.45) is 1.00. The number of nitrogens with one attached hydrogen (secondary N) is 1. The first-order valence-corrected chi connectivity index (χ1v) is 6.89. The van der Waals surface area contributed by atoms with Crippen LogP contribution in [0.25, 0.3) is 0 Å². The summed E-state index contributed by atoms with van der Waals surface area (Å²) in [4.78, 5) is 46.7. The molecule has 0 aliphatic heterocycles. The lowest BCUT2D eigenvalue weighted by molar-refractivity contribution is -0.385. The van der Waals surface area contributed by atoms with Gasteiger partial charge in [0.05, 0.1) is 17.7 Å². The average molecular weight is 324 g/mol. The average Bonchev–Trinajstić information content (AvgIpc) is 2.38. The number of hydrogen-bond donors (Lipinski definition) is 1. The Hall–Kier alpha value is -2.71. The van der Waals surface area contributed by atoms with Crippen molar-refractivity contribution in [2.75, 3.05) is 13.6 Å². The third-order valence-electron chi connectivity index (χ3n) is 2.81. The number of likely N-dealkylation sites (N-methyl/N-ethyl adjacent to an activating group) is 1. The van der Waals surface area contributed by atoms with Crippen LogP contribution < -0.4 is 10.9 Å². The van der Waals surface area contributed by atoms with Crippen LogP contribution in [-0.2, 0) is 16.1 Å². The minimum Gasteiger partial charge on any atom is -0.350 e. The molecule has 1 aromatic rings. The van der Waals surface area contributed by atoms with E-state index in [0.29, 0.717) is 0 Å². The molecule has 9 heteroatoms. The van der Waals surface area contributed by atoms with Crippen LogP contribution in [0.3, 0.4) is 0 Å². The van der Waals surface area contributed by atoms with Crippen LogP contribution in [0.2, 0.25) is 0 Å². The van der Waals surface area contributed by atoms with Crippen molar-refractivity contribution < 1.29 is 14.5 Å². The molecule has 0 atom stereocenters. The van der Waals surface area contributed by atoms with Crippen LogP contribution in [0.4, 0.5) is 5.69 Å². The fraction of sp³-hybridized carbons (Fsp3) is 0.500. The Kier molecular flexibility index (Phi) is 5.61. The summed E-state index contributed by atoms with van der Waals surface area (Å²) < 4.78 is 0.943. The van der Waals surface area contributed by atoms with Crippen LogP contribution >= 0.6 is 0 Å². The van der Waals surface area contributed by atoms with Crippen molar-refractivity contribution in [2.24, 2.45) is 0 Å². The molecular weight excluding hydrogens is 304 g/mol. The van der Waals surface area contributed by atoms with Gasteiger partial charge >= 0.3 is 0 Å². The second-order valence-corrected chi connectivity index (χ2v) is 6.16. The lowest BCUT2D eigenvalue weighted by Crippen LogP contribution is -2.47. The molecule has 0 aliphatic rings. The second kappa shape index (κ2) is 7.03. The number of carbonyl (C=O) groups is 2. The van der Waals surface area contributed by atoms with Gasteiger partial charge in [0.25, 0.3) is 11.2 Å². The van der Waals surface area contributed by atoms with Crippen molar-refractivity contribution in [3.63, 3.8) is 0 Å². The number of rotatable bonds is 5. The van der Waals surface area contributed by atoms with E-state index in [1.165, 1.54) is 7.05 Å². The molecule has 0 saturated carbocycles. The maximum Gasteiger partial charge on any atom is 0.285 e. The first kappa shape index (κ1) is 18.3. The van der Waals surface area contributed by atoms with Crippen LogP contribution in [0, 0.1) is 10.1 Å². The normalized spacial score (nSPS) is 11.0. The number of hydrogen-bond acceptors (Lipinski definition) is 5. The SMILES string of the molecule is CN(CC(=O)NC(C)(C)C)C(=O)Cn1cc([N+](=O)[O-])ccc1=O. The number of nitrogens with zero attached hydrogens (tertiary/aromatic N) is 3. The van der Waals surface area contributed by atoms with Crippen LogP contribution in [0.5, 0.6) is 0 Å². The smallest absolute Gasteiger partial charge is 0.285 e. The highest BCUT2D eigenvalue weighted by atomic mass is 16.6. The third-order valence-corrected chi connectivity index (χ3v) is 2.81. The second-order valence-electron chi connectivity index (χ2n) is 6.16. The maximum atomic E-state index is 12.1. The van der Waals surface area contributed by atoms with Gasteiger partial charge in [-0.05, 0) is 20.8 Å². The minimum absolute atomic E-state index is 0.167. The van der Waals surface area contributed by atoms with Gasteiger partial charge in [-0.2, -0.15) is 0 Å². The first-order valence-electron chi connectivity index (χ1n) is 6.89. The van der Waals surface area contributed by atoms with E-state index in [9.17, 15) is 24.5 Å². The molecule has 0 spiro atoms. The lowest BCUT2D eigenvalue weighted by Gasteiger charge is -2.23. The lowest BCUT2D eigenvalue weighted by atomic mass is 10.1. The van der Waals surface area contributed by atoms with Crippen molar-refractivity contribution in [1.29, 1.82) is 0 Å². The molecule has 2 amide bonds. The standard InChI is InChI=1S/C14H20N4O5/c1-14(2,3)15-11(19)8-16(4)13(21)9-17-7-10(18(22)23)5-6-12(17)20/h5-7H,8-9H2,1-4H3,(H,15,19). The number of carbonyl (C=O) groups excluding carboxylic acids is 2. The van der Waals surface area contributed by atoms with Gasteiger partial charge in [0.2, 0.25) is 11.8 Å². The number of amides is 2. The zero-order chi connectivity index (χ0) is 17.8. The summed E-state index contributed by atoms with van der Waals surface area (Å²) in [5.74, 6) is -0.837. The molecule has 1 heterocycles. The van der Waals surface area contributed by atoms with Gasteiger partial charge in [-0.3, -0.25) is 29.1 Å². The Balaban J connectivity index is 2.76. The molecule has 1 N–H and O–H groups in total. The fourth-order valence-electron chi connectivity index (χ4n) is 1.78. The van der Waals surface area contributed by atoms with Crippen molar-refractivity contribution in [1.82, 2.24) is 14.8 Å². The Morgan fingerprint density at radius 2 is 1.96 bits per heavy atom. The van der Waals surface area contributed by atoms with Crippen LogP contribution in [0.15, 0.2) is 23.1 Å². The molecule has 126 valence electrons. The summed E-state index contributed by atoms with van der Waals surface area (Å²) >= 11 is 0. The summed E-state index contributed by atoms with van der Waals surface area (Å²) in [6.45, 7) is 4.90. The van der Waals surface area contributed by atoms with Gasteiger partial charge in [0.1, 0.15) is 6.54 Å². The van der Waals surface area contributed by atoms with E-state index in [1.807, 2.05) is 20.8 Å². The van der Waals surface area contributed by atoms with Crippen molar-refractivity contribution in [3.8, 4) is 0 Å². The molecule has 0 bridgehead atoms. The van der Waals surface area contributed by atoms with E-state index in [0.717, 1.165) is 27.8 Å². The molecule has 1 rings (SSSR count). The summed E-state index contributed by atoms with van der Waals surface area (Å²) in [5.41, 5.74) is -1.24. The molecule has 0 radical (unpaired) electrons. The molecule has 0 fully saturated rings. The van der Waals surface area contributed by atoms with Crippen LogP contribution in [-0.4, -0.2) is 45.3 Å². The molecule has 9 nitrogen and oxygen atoms in total. The van der Waals surface area contributed by atoms with E-state index in [4.69, 9.17) is 0 Å². The fourth-order valence-corrected chi connectivity index (χ4v) is 1.78. The van der Waals surface area contributed by atoms with Gasteiger partial charge in [0.15, 0.2) is 0 Å². The van der Waals surface area contributed by atoms with E-state index in [1.54, 1.807) is 0 Å². The molecular formula is C14H20N4O5. The van der Waals surface area contributed by atoms with Crippen molar-refractivity contribution >= 4 is 17.5 Å². The zero-order valence-electron chi connectivity index (χ0n) is 13.5.